The Morgan fingerprint density at radius 2 is 1.83 bits per heavy atom. The van der Waals surface area contributed by atoms with Gasteiger partial charge in [0.1, 0.15) is 0 Å². The van der Waals surface area contributed by atoms with E-state index in [0.717, 1.165) is 30.2 Å². The van der Waals surface area contributed by atoms with E-state index in [9.17, 15) is 0 Å². The maximum absolute atomic E-state index is 5.22. The first-order valence-electron chi connectivity index (χ1n) is 9.91. The monoisotopic (exact) mass is 519 g/mol. The van der Waals surface area contributed by atoms with Crippen molar-refractivity contribution in [3.8, 4) is 0 Å². The Bertz CT molecular complexity index is 911. The van der Waals surface area contributed by atoms with Gasteiger partial charge >= 0.3 is 0 Å². The van der Waals surface area contributed by atoms with Crippen molar-refractivity contribution in [2.45, 2.75) is 33.2 Å². The van der Waals surface area contributed by atoms with Crippen molar-refractivity contribution in [2.24, 2.45) is 4.99 Å². The van der Waals surface area contributed by atoms with Gasteiger partial charge in [0.05, 0.1) is 19.7 Å². The zero-order valence-corrected chi connectivity index (χ0v) is 19.9. The van der Waals surface area contributed by atoms with Gasteiger partial charge in [0.25, 0.3) is 0 Å². The number of hydrogen-bond donors (Lipinski definition) is 2. The van der Waals surface area contributed by atoms with Crippen molar-refractivity contribution in [3.05, 3.63) is 89.2 Å². The van der Waals surface area contributed by atoms with Crippen LogP contribution < -0.4 is 10.6 Å². The number of aromatic nitrogens is 2. The van der Waals surface area contributed by atoms with Gasteiger partial charge in [0.2, 0.25) is 0 Å². The van der Waals surface area contributed by atoms with E-state index in [1.54, 1.807) is 13.3 Å². The third-order valence-corrected chi connectivity index (χ3v) is 4.52. The summed E-state index contributed by atoms with van der Waals surface area (Å²) in [6.45, 7) is 5.56. The van der Waals surface area contributed by atoms with Crippen LogP contribution in [0.1, 0.15) is 29.2 Å². The summed E-state index contributed by atoms with van der Waals surface area (Å²) in [6.07, 6.45) is 3.78. The summed E-state index contributed by atoms with van der Waals surface area (Å²) in [6, 6.07) is 18.7. The molecule has 160 valence electrons. The van der Waals surface area contributed by atoms with E-state index < -0.39 is 0 Å². The van der Waals surface area contributed by atoms with Crippen LogP contribution in [0.4, 0.5) is 0 Å². The van der Waals surface area contributed by atoms with Crippen molar-refractivity contribution < 1.29 is 4.74 Å². The molecule has 3 aromatic rings. The fraction of sp³-hybridized carbons (Fsp3) is 0.304. The van der Waals surface area contributed by atoms with Crippen LogP contribution in [0.2, 0.25) is 0 Å². The summed E-state index contributed by atoms with van der Waals surface area (Å²) >= 11 is 0. The van der Waals surface area contributed by atoms with Crippen molar-refractivity contribution in [1.82, 2.24) is 20.4 Å². The summed E-state index contributed by atoms with van der Waals surface area (Å²) in [5.74, 6) is 0.804. The Hall–Kier alpha value is -2.39. The van der Waals surface area contributed by atoms with Crippen LogP contribution in [-0.4, -0.2) is 29.4 Å². The molecule has 0 aliphatic rings. The average molecular weight is 519 g/mol. The number of aliphatic imine (C=N–C) groups is 1. The maximum atomic E-state index is 5.22. The summed E-state index contributed by atoms with van der Waals surface area (Å²) in [7, 11) is 1.71. The van der Waals surface area contributed by atoms with E-state index in [4.69, 9.17) is 9.73 Å². The molecule has 0 saturated carbocycles. The average Bonchev–Trinajstić information content (AvgIpc) is 3.25. The van der Waals surface area contributed by atoms with E-state index in [1.807, 2.05) is 23.0 Å². The molecule has 1 heterocycles. The zero-order valence-electron chi connectivity index (χ0n) is 17.5. The summed E-state index contributed by atoms with van der Waals surface area (Å²) in [5, 5.41) is 11.1. The molecule has 0 spiro atoms. The van der Waals surface area contributed by atoms with Gasteiger partial charge < -0.3 is 15.4 Å². The lowest BCUT2D eigenvalue weighted by atomic mass is 10.1. The minimum Gasteiger partial charge on any atom is -0.380 e. The van der Waals surface area contributed by atoms with Crippen LogP contribution in [0.15, 0.2) is 72.0 Å². The number of nitrogens with zero attached hydrogens (tertiary/aromatic N) is 3. The van der Waals surface area contributed by atoms with Crippen molar-refractivity contribution in [2.75, 3.05) is 13.7 Å². The molecule has 0 unspecified atom stereocenters. The number of methoxy groups -OCH3 is 1. The Kier molecular flexibility index (Phi) is 10.4. The fourth-order valence-corrected chi connectivity index (χ4v) is 3.13. The molecule has 7 heteroatoms. The van der Waals surface area contributed by atoms with Crippen LogP contribution in [0.25, 0.3) is 0 Å². The molecule has 0 amide bonds. The fourth-order valence-electron chi connectivity index (χ4n) is 3.13. The molecule has 2 N–H and O–H groups in total. The van der Waals surface area contributed by atoms with E-state index in [1.165, 1.54) is 11.1 Å². The molecule has 0 atom stereocenters. The smallest absolute Gasteiger partial charge is 0.191 e. The molecule has 0 aliphatic heterocycles. The van der Waals surface area contributed by atoms with E-state index in [-0.39, 0.29) is 24.0 Å². The van der Waals surface area contributed by atoms with Gasteiger partial charge in [-0.3, -0.25) is 4.68 Å². The van der Waals surface area contributed by atoms with E-state index in [0.29, 0.717) is 19.7 Å². The van der Waals surface area contributed by atoms with Crippen LogP contribution >= 0.6 is 24.0 Å². The number of hydrogen-bond acceptors (Lipinski definition) is 3. The largest absolute Gasteiger partial charge is 0.380 e. The molecule has 0 radical (unpaired) electrons. The molecular formula is C23H30IN5O. The number of ether oxygens (including phenoxy) is 1. The number of nitrogens with one attached hydrogen (secondary N) is 2. The van der Waals surface area contributed by atoms with Gasteiger partial charge in [-0.1, -0.05) is 48.5 Å². The molecular weight excluding hydrogens is 489 g/mol. The topological polar surface area (TPSA) is 63.5 Å². The molecule has 30 heavy (non-hydrogen) atoms. The van der Waals surface area contributed by atoms with E-state index >= 15 is 0 Å². The molecule has 6 nitrogen and oxygen atoms in total. The highest BCUT2D eigenvalue weighted by Gasteiger charge is 2.05. The summed E-state index contributed by atoms with van der Waals surface area (Å²) in [4.78, 5) is 4.74. The SMILES string of the molecule is CCNC(=NCc1cccc(COC)c1)NCc1ccccc1Cn1cccn1.I. The van der Waals surface area contributed by atoms with Crippen LogP contribution in [0.5, 0.6) is 0 Å². The first-order valence-corrected chi connectivity index (χ1v) is 9.91. The van der Waals surface area contributed by atoms with Gasteiger partial charge in [0, 0.05) is 32.6 Å². The second-order valence-electron chi connectivity index (χ2n) is 6.77. The lowest BCUT2D eigenvalue weighted by Gasteiger charge is -2.14. The first-order chi connectivity index (χ1) is 14.3. The minimum absolute atomic E-state index is 0. The second kappa shape index (κ2) is 13.0. The molecule has 2 aromatic carbocycles. The lowest BCUT2D eigenvalue weighted by Crippen LogP contribution is -2.37. The van der Waals surface area contributed by atoms with Crippen molar-refractivity contribution in [3.63, 3.8) is 0 Å². The predicted molar refractivity (Wildman–Crippen MR) is 132 cm³/mol. The quantitative estimate of drug-likeness (QED) is 0.255. The highest BCUT2D eigenvalue weighted by molar-refractivity contribution is 14.0. The number of halogens is 1. The van der Waals surface area contributed by atoms with Crippen molar-refractivity contribution >= 4 is 29.9 Å². The summed E-state index contributed by atoms with van der Waals surface area (Å²) < 4.78 is 7.15. The van der Waals surface area contributed by atoms with Crippen LogP contribution in [0.3, 0.4) is 0 Å². The molecule has 3 rings (SSSR count). The zero-order chi connectivity index (χ0) is 20.3. The van der Waals surface area contributed by atoms with Gasteiger partial charge in [-0.2, -0.15) is 5.10 Å². The molecule has 1 aromatic heterocycles. The van der Waals surface area contributed by atoms with Crippen molar-refractivity contribution in [1.29, 1.82) is 0 Å². The van der Waals surface area contributed by atoms with Crippen LogP contribution in [-0.2, 0) is 31.0 Å². The standard InChI is InChI=1S/C23H29N5O.HI/c1-3-24-23(25-15-19-8-6-9-20(14-19)18-29-2)26-16-21-10-4-5-11-22(21)17-28-13-7-12-27-28;/h4-14H,3,15-18H2,1-2H3,(H2,24,25,26);1H. The molecule has 0 fully saturated rings. The van der Waals surface area contributed by atoms with Gasteiger partial charge in [-0.25, -0.2) is 4.99 Å². The Labute approximate surface area is 195 Å². The summed E-state index contributed by atoms with van der Waals surface area (Å²) in [5.41, 5.74) is 4.80. The number of rotatable bonds is 9. The Morgan fingerprint density at radius 3 is 2.57 bits per heavy atom. The van der Waals surface area contributed by atoms with Gasteiger partial charge in [-0.15, -0.1) is 24.0 Å². The highest BCUT2D eigenvalue weighted by atomic mass is 127. The maximum Gasteiger partial charge on any atom is 0.191 e. The second-order valence-corrected chi connectivity index (χ2v) is 6.77. The van der Waals surface area contributed by atoms with Crippen LogP contribution in [0, 0.1) is 0 Å². The number of benzene rings is 2. The predicted octanol–water partition coefficient (Wildman–Crippen LogP) is 3.95. The molecule has 0 bridgehead atoms. The molecule has 0 saturated heterocycles. The minimum atomic E-state index is 0. The Balaban J connectivity index is 0.00000320. The number of guanidine groups is 1. The first kappa shape index (κ1) is 23.9. The Morgan fingerprint density at radius 1 is 1.03 bits per heavy atom. The highest BCUT2D eigenvalue weighted by Crippen LogP contribution is 2.11. The van der Waals surface area contributed by atoms with E-state index in [2.05, 4.69) is 65.1 Å². The van der Waals surface area contributed by atoms with Gasteiger partial charge in [0.15, 0.2) is 5.96 Å². The normalized spacial score (nSPS) is 11.1. The van der Waals surface area contributed by atoms with Gasteiger partial charge in [-0.05, 0) is 35.2 Å². The third kappa shape index (κ3) is 7.46. The molecule has 0 aliphatic carbocycles. The lowest BCUT2D eigenvalue weighted by molar-refractivity contribution is 0.185. The third-order valence-electron chi connectivity index (χ3n) is 4.52.